The van der Waals surface area contributed by atoms with Gasteiger partial charge in [-0.3, -0.25) is 4.79 Å². The number of benzene rings is 1. The number of ketones is 1. The second-order valence-electron chi connectivity index (χ2n) is 4.42. The Balaban J connectivity index is 2.99. The Labute approximate surface area is 110 Å². The highest BCUT2D eigenvalue weighted by atomic mass is 19.4. The average molecular weight is 275 g/mol. The molecule has 0 aliphatic heterocycles. The maximum atomic E-state index is 12.6. The van der Waals surface area contributed by atoms with Crippen molar-refractivity contribution in [2.24, 2.45) is 0 Å². The lowest BCUT2D eigenvalue weighted by atomic mass is 10.1. The Morgan fingerprint density at radius 1 is 1.32 bits per heavy atom. The van der Waals surface area contributed by atoms with Gasteiger partial charge in [-0.25, -0.2) is 0 Å². The van der Waals surface area contributed by atoms with Gasteiger partial charge in [0.1, 0.15) is 12.4 Å². The van der Waals surface area contributed by atoms with Crippen molar-refractivity contribution in [3.8, 4) is 5.75 Å². The molecule has 0 aliphatic rings. The average Bonchev–Trinajstić information content (AvgIpc) is 2.26. The first-order valence-electron chi connectivity index (χ1n) is 5.71. The van der Waals surface area contributed by atoms with Crippen LogP contribution in [0, 0.1) is 0 Å². The minimum Gasteiger partial charge on any atom is -0.491 e. The van der Waals surface area contributed by atoms with Crippen LogP contribution in [0.25, 0.3) is 0 Å². The van der Waals surface area contributed by atoms with Gasteiger partial charge < -0.3 is 9.64 Å². The summed E-state index contributed by atoms with van der Waals surface area (Å²) >= 11 is 0. The van der Waals surface area contributed by atoms with Gasteiger partial charge in [0.15, 0.2) is 5.78 Å². The molecule has 0 bridgehead atoms. The summed E-state index contributed by atoms with van der Waals surface area (Å²) in [6.45, 7) is 2.06. The summed E-state index contributed by atoms with van der Waals surface area (Å²) in [4.78, 5) is 13.2. The first-order valence-corrected chi connectivity index (χ1v) is 5.71. The molecule has 0 fully saturated rings. The van der Waals surface area contributed by atoms with Crippen molar-refractivity contribution in [1.29, 1.82) is 0 Å². The lowest BCUT2D eigenvalue weighted by Gasteiger charge is -2.15. The summed E-state index contributed by atoms with van der Waals surface area (Å²) in [5.41, 5.74) is -0.663. The van der Waals surface area contributed by atoms with Crippen molar-refractivity contribution in [2.45, 2.75) is 13.1 Å². The topological polar surface area (TPSA) is 29.5 Å². The first kappa shape index (κ1) is 15.5. The number of hydrogen-bond acceptors (Lipinski definition) is 3. The SMILES string of the molecule is CC(=O)c1ccc(C(F)(F)F)cc1OCCN(C)C. The van der Waals surface area contributed by atoms with E-state index in [4.69, 9.17) is 4.74 Å². The van der Waals surface area contributed by atoms with E-state index in [-0.39, 0.29) is 23.7 Å². The minimum absolute atomic E-state index is 0.0239. The molecule has 0 N–H and O–H groups in total. The van der Waals surface area contributed by atoms with E-state index >= 15 is 0 Å². The van der Waals surface area contributed by atoms with Gasteiger partial charge in [-0.2, -0.15) is 13.2 Å². The van der Waals surface area contributed by atoms with Crippen LogP contribution in [0.4, 0.5) is 13.2 Å². The van der Waals surface area contributed by atoms with Crippen LogP contribution in [0.3, 0.4) is 0 Å². The highest BCUT2D eigenvalue weighted by molar-refractivity contribution is 5.96. The Bertz CT molecular complexity index is 456. The zero-order valence-electron chi connectivity index (χ0n) is 11.0. The van der Waals surface area contributed by atoms with Gasteiger partial charge in [0.05, 0.1) is 11.1 Å². The highest BCUT2D eigenvalue weighted by Crippen LogP contribution is 2.33. The lowest BCUT2D eigenvalue weighted by Crippen LogP contribution is -2.20. The molecule has 1 rings (SSSR count). The van der Waals surface area contributed by atoms with Crippen molar-refractivity contribution < 1.29 is 22.7 Å². The normalized spacial score (nSPS) is 11.7. The smallest absolute Gasteiger partial charge is 0.416 e. The van der Waals surface area contributed by atoms with Gasteiger partial charge in [0.25, 0.3) is 0 Å². The summed E-state index contributed by atoms with van der Waals surface area (Å²) in [5, 5.41) is 0. The number of likely N-dealkylation sites (N-methyl/N-ethyl adjacent to an activating group) is 1. The molecule has 0 heterocycles. The minimum atomic E-state index is -4.45. The summed E-state index contributed by atoms with van der Waals surface area (Å²) in [6.07, 6.45) is -4.45. The predicted molar refractivity (Wildman–Crippen MR) is 65.5 cm³/mol. The van der Waals surface area contributed by atoms with Crippen LogP contribution >= 0.6 is 0 Å². The molecule has 0 radical (unpaired) electrons. The quantitative estimate of drug-likeness (QED) is 0.774. The van der Waals surface area contributed by atoms with Crippen LogP contribution in [-0.4, -0.2) is 37.9 Å². The van der Waals surface area contributed by atoms with Crippen LogP contribution in [0.1, 0.15) is 22.8 Å². The van der Waals surface area contributed by atoms with Crippen LogP contribution in [0.2, 0.25) is 0 Å². The number of ether oxygens (including phenoxy) is 1. The van der Waals surface area contributed by atoms with E-state index in [1.807, 2.05) is 19.0 Å². The summed E-state index contributed by atoms with van der Waals surface area (Å²) in [6, 6.07) is 2.90. The van der Waals surface area contributed by atoms with Crippen molar-refractivity contribution in [3.63, 3.8) is 0 Å². The van der Waals surface area contributed by atoms with E-state index in [1.54, 1.807) is 0 Å². The third-order valence-electron chi connectivity index (χ3n) is 2.48. The fraction of sp³-hybridized carbons (Fsp3) is 0.462. The molecule has 0 atom stereocenters. The fourth-order valence-corrected chi connectivity index (χ4v) is 1.45. The molecule has 0 spiro atoms. The van der Waals surface area contributed by atoms with Crippen molar-refractivity contribution >= 4 is 5.78 Å². The number of halogens is 3. The molecular weight excluding hydrogens is 259 g/mol. The molecule has 0 aliphatic carbocycles. The zero-order valence-corrected chi connectivity index (χ0v) is 11.0. The third-order valence-corrected chi connectivity index (χ3v) is 2.48. The largest absolute Gasteiger partial charge is 0.491 e. The molecule has 0 unspecified atom stereocenters. The summed E-state index contributed by atoms with van der Waals surface area (Å²) in [5.74, 6) is -0.349. The van der Waals surface area contributed by atoms with E-state index in [0.29, 0.717) is 6.54 Å². The maximum Gasteiger partial charge on any atom is 0.416 e. The van der Waals surface area contributed by atoms with E-state index in [9.17, 15) is 18.0 Å². The number of rotatable bonds is 5. The molecule has 1 aromatic carbocycles. The molecule has 1 aromatic rings. The van der Waals surface area contributed by atoms with Crippen molar-refractivity contribution in [2.75, 3.05) is 27.2 Å². The van der Waals surface area contributed by atoms with Gasteiger partial charge in [0, 0.05) is 6.54 Å². The molecule has 0 saturated carbocycles. The second-order valence-corrected chi connectivity index (χ2v) is 4.42. The molecular formula is C13H16F3NO2. The van der Waals surface area contributed by atoms with Gasteiger partial charge >= 0.3 is 6.18 Å². The third kappa shape index (κ3) is 4.55. The van der Waals surface area contributed by atoms with E-state index in [1.165, 1.54) is 6.92 Å². The van der Waals surface area contributed by atoms with E-state index in [2.05, 4.69) is 0 Å². The Hall–Kier alpha value is -1.56. The predicted octanol–water partition coefficient (Wildman–Crippen LogP) is 2.85. The number of alkyl halides is 3. The standard InChI is InChI=1S/C13H16F3NO2/c1-9(18)11-5-4-10(13(14,15)16)8-12(11)19-7-6-17(2)3/h4-5,8H,6-7H2,1-3H3. The van der Waals surface area contributed by atoms with Gasteiger partial charge in [-0.15, -0.1) is 0 Å². The van der Waals surface area contributed by atoms with Crippen LogP contribution < -0.4 is 4.74 Å². The molecule has 3 nitrogen and oxygen atoms in total. The Morgan fingerprint density at radius 3 is 2.42 bits per heavy atom. The number of Topliss-reactive ketones (excluding diaryl/α,β-unsaturated/α-hetero) is 1. The lowest BCUT2D eigenvalue weighted by molar-refractivity contribution is -0.137. The molecule has 6 heteroatoms. The van der Waals surface area contributed by atoms with Gasteiger partial charge in [0.2, 0.25) is 0 Å². The highest BCUT2D eigenvalue weighted by Gasteiger charge is 2.31. The first-order chi connectivity index (χ1) is 8.71. The van der Waals surface area contributed by atoms with Crippen molar-refractivity contribution in [3.05, 3.63) is 29.3 Å². The molecule has 0 amide bonds. The van der Waals surface area contributed by atoms with Gasteiger partial charge in [-0.1, -0.05) is 0 Å². The summed E-state index contributed by atoms with van der Waals surface area (Å²) < 4.78 is 43.1. The fourth-order valence-electron chi connectivity index (χ4n) is 1.45. The zero-order chi connectivity index (χ0) is 14.6. The number of carbonyl (C=O) groups excluding carboxylic acids is 1. The Morgan fingerprint density at radius 2 is 1.95 bits per heavy atom. The van der Waals surface area contributed by atoms with Crippen LogP contribution in [-0.2, 0) is 6.18 Å². The van der Waals surface area contributed by atoms with Crippen LogP contribution in [0.5, 0.6) is 5.75 Å². The number of hydrogen-bond donors (Lipinski definition) is 0. The second kappa shape index (κ2) is 6.06. The molecule has 0 aromatic heterocycles. The van der Waals surface area contributed by atoms with E-state index in [0.717, 1.165) is 18.2 Å². The number of carbonyl (C=O) groups is 1. The molecule has 106 valence electrons. The van der Waals surface area contributed by atoms with Gasteiger partial charge in [-0.05, 0) is 39.2 Å². The molecule has 0 saturated heterocycles. The van der Waals surface area contributed by atoms with Crippen molar-refractivity contribution in [1.82, 2.24) is 4.90 Å². The Kier molecular flexibility index (Phi) is 4.94. The van der Waals surface area contributed by atoms with Crippen LogP contribution in [0.15, 0.2) is 18.2 Å². The summed E-state index contributed by atoms with van der Waals surface area (Å²) in [7, 11) is 3.64. The molecule has 19 heavy (non-hydrogen) atoms. The number of nitrogens with zero attached hydrogens (tertiary/aromatic N) is 1. The maximum absolute atomic E-state index is 12.6. The monoisotopic (exact) mass is 275 g/mol. The van der Waals surface area contributed by atoms with E-state index < -0.39 is 11.7 Å².